The van der Waals surface area contributed by atoms with Gasteiger partial charge in [-0.15, -0.1) is 0 Å². The number of amides is 1. The van der Waals surface area contributed by atoms with Crippen LogP contribution in [0.4, 0.5) is 0 Å². The van der Waals surface area contributed by atoms with Gasteiger partial charge in [0, 0.05) is 12.6 Å². The number of nitrogens with one attached hydrogen (secondary N) is 1. The second kappa shape index (κ2) is 4.59. The van der Waals surface area contributed by atoms with Gasteiger partial charge in [0.1, 0.15) is 6.61 Å². The van der Waals surface area contributed by atoms with Crippen molar-refractivity contribution in [3.63, 3.8) is 0 Å². The van der Waals surface area contributed by atoms with Crippen molar-refractivity contribution in [1.29, 1.82) is 0 Å². The van der Waals surface area contributed by atoms with Crippen molar-refractivity contribution in [2.75, 3.05) is 7.05 Å². The number of carbonyl (C=O) groups is 1. The summed E-state index contributed by atoms with van der Waals surface area (Å²) < 4.78 is 0. The molecule has 1 aromatic rings. The summed E-state index contributed by atoms with van der Waals surface area (Å²) in [5.41, 5.74) is 1.40. The Kier molecular flexibility index (Phi) is 3.42. The second-order valence-electron chi connectivity index (χ2n) is 2.55. The highest BCUT2D eigenvalue weighted by atomic mass is 17.1. The first-order valence-corrected chi connectivity index (χ1v) is 3.85. The van der Waals surface area contributed by atoms with Crippen molar-refractivity contribution in [2.45, 2.75) is 6.61 Å². The fourth-order valence-electron chi connectivity index (χ4n) is 0.971. The zero-order valence-corrected chi connectivity index (χ0v) is 7.28. The molecule has 70 valence electrons. The highest BCUT2D eigenvalue weighted by Gasteiger charge is 2.01. The molecule has 1 aromatic carbocycles. The van der Waals surface area contributed by atoms with Crippen molar-refractivity contribution >= 4 is 5.91 Å². The SMILES string of the molecule is CNC(=O)c1ccc(COO)cc1. The molecule has 0 atom stereocenters. The molecule has 0 saturated carbocycles. The van der Waals surface area contributed by atoms with Gasteiger partial charge in [0.15, 0.2) is 0 Å². The van der Waals surface area contributed by atoms with Gasteiger partial charge in [0.25, 0.3) is 5.91 Å². The molecule has 2 N–H and O–H groups in total. The molecule has 4 nitrogen and oxygen atoms in total. The predicted octanol–water partition coefficient (Wildman–Crippen LogP) is 1.04. The first kappa shape index (κ1) is 9.70. The maximum Gasteiger partial charge on any atom is 0.251 e. The van der Waals surface area contributed by atoms with E-state index < -0.39 is 0 Å². The van der Waals surface area contributed by atoms with Gasteiger partial charge in [-0.1, -0.05) is 12.1 Å². The molecule has 0 aliphatic heterocycles. The molecule has 1 rings (SSSR count). The summed E-state index contributed by atoms with van der Waals surface area (Å²) in [6.07, 6.45) is 0. The predicted molar refractivity (Wildman–Crippen MR) is 47.3 cm³/mol. The maximum atomic E-state index is 11.1. The van der Waals surface area contributed by atoms with Gasteiger partial charge in [0.05, 0.1) is 0 Å². The summed E-state index contributed by atoms with van der Waals surface area (Å²) in [6.45, 7) is 0.133. The first-order chi connectivity index (χ1) is 6.27. The van der Waals surface area contributed by atoms with Crippen molar-refractivity contribution in [1.82, 2.24) is 5.32 Å². The molecule has 0 spiro atoms. The molecule has 1 amide bonds. The van der Waals surface area contributed by atoms with E-state index in [4.69, 9.17) is 5.26 Å². The monoisotopic (exact) mass is 181 g/mol. The summed E-state index contributed by atoms with van der Waals surface area (Å²) in [5, 5.41) is 10.7. The van der Waals surface area contributed by atoms with E-state index in [9.17, 15) is 4.79 Å². The minimum absolute atomic E-state index is 0.128. The van der Waals surface area contributed by atoms with Gasteiger partial charge in [-0.05, 0) is 17.7 Å². The van der Waals surface area contributed by atoms with Crippen molar-refractivity contribution in [3.05, 3.63) is 35.4 Å². The number of rotatable bonds is 3. The fourth-order valence-corrected chi connectivity index (χ4v) is 0.971. The lowest BCUT2D eigenvalue weighted by molar-refractivity contribution is -0.253. The van der Waals surface area contributed by atoms with Crippen LogP contribution in [0, 0.1) is 0 Å². The number of benzene rings is 1. The molecule has 4 heteroatoms. The fraction of sp³-hybridized carbons (Fsp3) is 0.222. The smallest absolute Gasteiger partial charge is 0.251 e. The van der Waals surface area contributed by atoms with Gasteiger partial charge in [0.2, 0.25) is 0 Å². The third-order valence-corrected chi connectivity index (χ3v) is 1.67. The van der Waals surface area contributed by atoms with Crippen LogP contribution in [0.2, 0.25) is 0 Å². The Bertz CT molecular complexity index is 281. The number of hydrogen-bond donors (Lipinski definition) is 2. The van der Waals surface area contributed by atoms with Crippen LogP contribution in [0.15, 0.2) is 24.3 Å². The summed E-state index contributed by atoms with van der Waals surface area (Å²) in [4.78, 5) is 15.0. The summed E-state index contributed by atoms with van der Waals surface area (Å²) >= 11 is 0. The van der Waals surface area contributed by atoms with Gasteiger partial charge in [-0.3, -0.25) is 10.1 Å². The molecule has 0 unspecified atom stereocenters. The standard InChI is InChI=1S/C9H11NO3/c1-10-9(11)8-4-2-7(3-5-8)6-13-12/h2-5,12H,6H2,1H3,(H,10,11). The summed E-state index contributed by atoms with van der Waals surface area (Å²) in [5.74, 6) is -0.128. The second-order valence-corrected chi connectivity index (χ2v) is 2.55. The Labute approximate surface area is 76.1 Å². The molecular formula is C9H11NO3. The molecule has 0 saturated heterocycles. The average molecular weight is 181 g/mol. The number of hydrogen-bond acceptors (Lipinski definition) is 3. The molecular weight excluding hydrogens is 170 g/mol. The zero-order valence-electron chi connectivity index (χ0n) is 7.28. The van der Waals surface area contributed by atoms with Gasteiger partial charge in [-0.25, -0.2) is 4.89 Å². The Morgan fingerprint density at radius 3 is 2.54 bits per heavy atom. The van der Waals surface area contributed by atoms with E-state index in [-0.39, 0.29) is 12.5 Å². The van der Waals surface area contributed by atoms with E-state index in [1.165, 1.54) is 0 Å². The summed E-state index contributed by atoms with van der Waals surface area (Å²) in [6, 6.07) is 6.79. The normalized spacial score (nSPS) is 9.69. The van der Waals surface area contributed by atoms with Crippen LogP contribution >= 0.6 is 0 Å². The molecule has 0 radical (unpaired) electrons. The Morgan fingerprint density at radius 1 is 1.46 bits per heavy atom. The van der Waals surface area contributed by atoms with E-state index in [2.05, 4.69) is 10.2 Å². The molecule has 0 aliphatic rings. The lowest BCUT2D eigenvalue weighted by Crippen LogP contribution is -2.17. The number of carbonyl (C=O) groups excluding carboxylic acids is 1. The Morgan fingerprint density at radius 2 is 2.08 bits per heavy atom. The third kappa shape index (κ3) is 2.54. The zero-order chi connectivity index (χ0) is 9.68. The van der Waals surface area contributed by atoms with E-state index in [0.717, 1.165) is 5.56 Å². The topological polar surface area (TPSA) is 58.6 Å². The van der Waals surface area contributed by atoms with Crippen LogP contribution in [-0.4, -0.2) is 18.2 Å². The van der Waals surface area contributed by atoms with E-state index in [0.29, 0.717) is 5.56 Å². The Balaban J connectivity index is 2.75. The Hall–Kier alpha value is -1.39. The van der Waals surface area contributed by atoms with Crippen LogP contribution in [0.5, 0.6) is 0 Å². The first-order valence-electron chi connectivity index (χ1n) is 3.85. The molecule has 13 heavy (non-hydrogen) atoms. The van der Waals surface area contributed by atoms with Crippen LogP contribution in [-0.2, 0) is 11.5 Å². The van der Waals surface area contributed by atoms with Crippen molar-refractivity contribution in [2.24, 2.45) is 0 Å². The molecule has 0 aliphatic carbocycles. The largest absolute Gasteiger partial charge is 0.355 e. The maximum absolute atomic E-state index is 11.1. The highest BCUT2D eigenvalue weighted by molar-refractivity contribution is 5.93. The molecule has 0 fully saturated rings. The third-order valence-electron chi connectivity index (χ3n) is 1.67. The van der Waals surface area contributed by atoms with E-state index >= 15 is 0 Å². The van der Waals surface area contributed by atoms with Crippen LogP contribution in [0.1, 0.15) is 15.9 Å². The van der Waals surface area contributed by atoms with Gasteiger partial charge >= 0.3 is 0 Å². The van der Waals surface area contributed by atoms with Crippen LogP contribution < -0.4 is 5.32 Å². The average Bonchev–Trinajstić information content (AvgIpc) is 2.18. The van der Waals surface area contributed by atoms with E-state index in [1.807, 2.05) is 0 Å². The molecule has 0 heterocycles. The minimum Gasteiger partial charge on any atom is -0.355 e. The lowest BCUT2D eigenvalue weighted by Gasteiger charge is -2.01. The van der Waals surface area contributed by atoms with Gasteiger partial charge in [-0.2, -0.15) is 0 Å². The summed E-state index contributed by atoms with van der Waals surface area (Å²) in [7, 11) is 1.58. The van der Waals surface area contributed by atoms with Gasteiger partial charge < -0.3 is 5.32 Å². The lowest BCUT2D eigenvalue weighted by atomic mass is 10.1. The molecule has 0 bridgehead atoms. The van der Waals surface area contributed by atoms with Crippen molar-refractivity contribution < 1.29 is 14.9 Å². The quantitative estimate of drug-likeness (QED) is 0.541. The van der Waals surface area contributed by atoms with E-state index in [1.54, 1.807) is 31.3 Å². The van der Waals surface area contributed by atoms with Crippen LogP contribution in [0.25, 0.3) is 0 Å². The van der Waals surface area contributed by atoms with Crippen molar-refractivity contribution in [3.8, 4) is 0 Å². The highest BCUT2D eigenvalue weighted by Crippen LogP contribution is 2.04. The minimum atomic E-state index is -0.128. The molecule has 0 aromatic heterocycles. The van der Waals surface area contributed by atoms with Crippen LogP contribution in [0.3, 0.4) is 0 Å².